The van der Waals surface area contributed by atoms with E-state index in [9.17, 15) is 4.79 Å². The molecule has 0 spiro atoms. The molecule has 0 aromatic rings. The monoisotopic (exact) mass is 210 g/mol. The summed E-state index contributed by atoms with van der Waals surface area (Å²) in [5.74, 6) is -0.257. The fourth-order valence-electron chi connectivity index (χ4n) is 0.844. The third-order valence-electron chi connectivity index (χ3n) is 1.55. The molecule has 0 aromatic heterocycles. The van der Waals surface area contributed by atoms with Crippen LogP contribution in [0, 0.1) is 0 Å². The van der Waals surface area contributed by atoms with Crippen molar-refractivity contribution in [2.45, 2.75) is 25.3 Å². The molecular weight excluding hydrogens is 194 g/mol. The molecular formula is C6H16N2O2P2. The van der Waals surface area contributed by atoms with Crippen molar-refractivity contribution in [3.05, 3.63) is 0 Å². The molecule has 0 aliphatic carbocycles. The average molecular weight is 210 g/mol. The molecule has 0 aliphatic rings. The minimum atomic E-state index is -0.257. The minimum Gasteiger partial charge on any atom is -0.450 e. The minimum absolute atomic E-state index is 0.237. The van der Waals surface area contributed by atoms with Crippen LogP contribution >= 0.6 is 18.9 Å². The second-order valence-electron chi connectivity index (χ2n) is 2.44. The van der Waals surface area contributed by atoms with E-state index < -0.39 is 0 Å². The molecule has 0 fully saturated rings. The second kappa shape index (κ2) is 7.88. The lowest BCUT2D eigenvalue weighted by atomic mass is 10.1. The van der Waals surface area contributed by atoms with Crippen molar-refractivity contribution in [2.75, 3.05) is 6.54 Å². The number of nitrogens with one attached hydrogen (secondary N) is 1. The van der Waals surface area contributed by atoms with Crippen LogP contribution in [0.2, 0.25) is 0 Å². The van der Waals surface area contributed by atoms with Crippen molar-refractivity contribution in [1.82, 2.24) is 5.09 Å². The number of unbranched alkanes of at least 4 members (excludes halogenated alkanes) is 1. The van der Waals surface area contributed by atoms with E-state index in [1.807, 2.05) is 9.47 Å². The van der Waals surface area contributed by atoms with Gasteiger partial charge in [-0.3, -0.25) is 9.88 Å². The number of rotatable bonds is 6. The Labute approximate surface area is 77.5 Å². The lowest BCUT2D eigenvalue weighted by Gasteiger charge is -2.12. The zero-order valence-corrected chi connectivity index (χ0v) is 9.26. The Bertz CT molecular complexity index is 135. The summed E-state index contributed by atoms with van der Waals surface area (Å²) in [6.07, 6.45) is 2.63. The fourth-order valence-corrected chi connectivity index (χ4v) is 1.31. The molecule has 0 bridgehead atoms. The Morgan fingerprint density at radius 3 is 2.67 bits per heavy atom. The molecule has 6 heteroatoms. The first-order valence-electron chi connectivity index (χ1n) is 3.83. The Kier molecular flexibility index (Phi) is 8.04. The summed E-state index contributed by atoms with van der Waals surface area (Å²) in [5, 5.41) is 2.80. The highest BCUT2D eigenvalue weighted by molar-refractivity contribution is 7.14. The summed E-state index contributed by atoms with van der Waals surface area (Å²) in [5.41, 5.74) is 5.32. The van der Waals surface area contributed by atoms with E-state index in [1.54, 1.807) is 0 Å². The highest BCUT2D eigenvalue weighted by atomic mass is 31.0. The molecule has 0 heterocycles. The first-order valence-corrected chi connectivity index (χ1v) is 4.88. The molecule has 0 aromatic carbocycles. The third kappa shape index (κ3) is 5.00. The maximum atomic E-state index is 11.0. The first kappa shape index (κ1) is 12.2. The SMILES string of the molecule is NCCCCC(NP)C(=O)OP. The van der Waals surface area contributed by atoms with Crippen LogP contribution < -0.4 is 10.8 Å². The van der Waals surface area contributed by atoms with Crippen molar-refractivity contribution >= 4 is 24.8 Å². The normalized spacial score (nSPS) is 12.6. The van der Waals surface area contributed by atoms with Gasteiger partial charge >= 0.3 is 5.97 Å². The maximum Gasteiger partial charge on any atom is 0.325 e. The van der Waals surface area contributed by atoms with Crippen LogP contribution in [-0.2, 0) is 9.32 Å². The number of nitrogens with two attached hydrogens (primary N) is 1. The second-order valence-corrected chi connectivity index (χ2v) is 3.01. The van der Waals surface area contributed by atoms with Crippen LogP contribution in [0.4, 0.5) is 0 Å². The lowest BCUT2D eigenvalue weighted by molar-refractivity contribution is -0.135. The van der Waals surface area contributed by atoms with Crippen molar-refractivity contribution in [3.63, 3.8) is 0 Å². The molecule has 0 amide bonds. The Morgan fingerprint density at radius 2 is 2.25 bits per heavy atom. The Balaban J connectivity index is 3.60. The van der Waals surface area contributed by atoms with Gasteiger partial charge in [-0.1, -0.05) is 15.8 Å². The highest BCUT2D eigenvalue weighted by Crippen LogP contribution is 2.05. The highest BCUT2D eigenvalue weighted by Gasteiger charge is 2.15. The molecule has 3 N–H and O–H groups in total. The molecule has 3 atom stereocenters. The number of carbonyl (C=O) groups is 1. The zero-order chi connectivity index (χ0) is 9.40. The van der Waals surface area contributed by atoms with Gasteiger partial charge in [-0.2, -0.15) is 0 Å². The van der Waals surface area contributed by atoms with E-state index in [1.165, 1.54) is 0 Å². The number of carbonyl (C=O) groups excluding carboxylic acids is 1. The average Bonchev–Trinajstić information content (AvgIpc) is 2.11. The van der Waals surface area contributed by atoms with Crippen LogP contribution in [0.1, 0.15) is 19.3 Å². The molecule has 3 unspecified atom stereocenters. The zero-order valence-electron chi connectivity index (χ0n) is 6.95. The summed E-state index contributed by atoms with van der Waals surface area (Å²) >= 11 is 0. The van der Waals surface area contributed by atoms with E-state index in [-0.39, 0.29) is 12.0 Å². The van der Waals surface area contributed by atoms with Gasteiger partial charge < -0.3 is 10.3 Å². The van der Waals surface area contributed by atoms with Gasteiger partial charge in [-0.15, -0.1) is 0 Å². The van der Waals surface area contributed by atoms with E-state index >= 15 is 0 Å². The predicted octanol–water partition coefficient (Wildman–Crippen LogP) is 0.197. The van der Waals surface area contributed by atoms with Gasteiger partial charge in [0.15, 0.2) is 0 Å². The molecule has 0 saturated carbocycles. The standard InChI is InChI=1S/C6H16N2O2P2/c7-4-2-1-3-5(8-11)6(9)10-12/h5,8H,1-4,7,11-12H2. The smallest absolute Gasteiger partial charge is 0.325 e. The van der Waals surface area contributed by atoms with Crippen LogP contribution in [-0.4, -0.2) is 18.6 Å². The van der Waals surface area contributed by atoms with Crippen LogP contribution in [0.15, 0.2) is 0 Å². The van der Waals surface area contributed by atoms with E-state index in [2.05, 4.69) is 19.0 Å². The maximum absolute atomic E-state index is 11.0. The number of hydrogen-bond donors (Lipinski definition) is 2. The van der Waals surface area contributed by atoms with Crippen molar-refractivity contribution in [3.8, 4) is 0 Å². The van der Waals surface area contributed by atoms with Crippen molar-refractivity contribution in [2.24, 2.45) is 5.73 Å². The van der Waals surface area contributed by atoms with E-state index in [0.717, 1.165) is 19.3 Å². The third-order valence-corrected chi connectivity index (χ3v) is 2.18. The molecule has 0 rings (SSSR count). The van der Waals surface area contributed by atoms with Crippen LogP contribution in [0.25, 0.3) is 0 Å². The summed E-state index contributed by atoms with van der Waals surface area (Å²) in [4.78, 5) is 11.0. The molecule has 0 aliphatic heterocycles. The van der Waals surface area contributed by atoms with Crippen molar-refractivity contribution < 1.29 is 9.32 Å². The summed E-state index contributed by atoms with van der Waals surface area (Å²) in [6, 6.07) is -0.237. The quantitative estimate of drug-likeness (QED) is 0.485. The molecule has 72 valence electrons. The largest absolute Gasteiger partial charge is 0.450 e. The molecule has 0 radical (unpaired) electrons. The van der Waals surface area contributed by atoms with Gasteiger partial charge in [-0.05, 0) is 19.4 Å². The van der Waals surface area contributed by atoms with Gasteiger partial charge in [0.2, 0.25) is 0 Å². The van der Waals surface area contributed by atoms with Crippen LogP contribution in [0.5, 0.6) is 0 Å². The summed E-state index contributed by atoms with van der Waals surface area (Å²) in [6.45, 7) is 0.666. The van der Waals surface area contributed by atoms with E-state index in [0.29, 0.717) is 6.54 Å². The molecule has 4 nitrogen and oxygen atoms in total. The summed E-state index contributed by atoms with van der Waals surface area (Å²) < 4.78 is 4.50. The van der Waals surface area contributed by atoms with E-state index in [4.69, 9.17) is 5.73 Å². The number of hydrogen-bond acceptors (Lipinski definition) is 4. The topological polar surface area (TPSA) is 64.3 Å². The Hall–Kier alpha value is 0.250. The van der Waals surface area contributed by atoms with Crippen molar-refractivity contribution in [1.29, 1.82) is 0 Å². The van der Waals surface area contributed by atoms with Gasteiger partial charge in [-0.25, -0.2) is 0 Å². The van der Waals surface area contributed by atoms with Gasteiger partial charge in [0.25, 0.3) is 0 Å². The summed E-state index contributed by atoms with van der Waals surface area (Å²) in [7, 11) is 4.26. The predicted molar refractivity (Wildman–Crippen MR) is 55.3 cm³/mol. The van der Waals surface area contributed by atoms with Gasteiger partial charge in [0.1, 0.15) is 6.04 Å². The first-order chi connectivity index (χ1) is 5.76. The lowest BCUT2D eigenvalue weighted by Crippen LogP contribution is -2.30. The van der Waals surface area contributed by atoms with Gasteiger partial charge in [0, 0.05) is 0 Å². The molecule has 0 saturated heterocycles. The Morgan fingerprint density at radius 1 is 1.58 bits per heavy atom. The van der Waals surface area contributed by atoms with Crippen LogP contribution in [0.3, 0.4) is 0 Å². The fraction of sp³-hybridized carbons (Fsp3) is 0.833. The van der Waals surface area contributed by atoms with Gasteiger partial charge in [0.05, 0.1) is 9.47 Å². The molecule has 12 heavy (non-hydrogen) atoms.